The maximum absolute atomic E-state index is 12.9. The Kier molecular flexibility index (Phi) is 3.13. The fraction of sp³-hybridized carbons (Fsp3) is 0.438. The Morgan fingerprint density at radius 2 is 1.84 bits per heavy atom. The van der Waals surface area contributed by atoms with Crippen LogP contribution < -0.4 is 4.74 Å². The third-order valence-corrected chi connectivity index (χ3v) is 4.35. The molecule has 0 saturated heterocycles. The third kappa shape index (κ3) is 2.18. The van der Waals surface area contributed by atoms with Gasteiger partial charge in [-0.15, -0.1) is 0 Å². The van der Waals surface area contributed by atoms with Gasteiger partial charge in [-0.2, -0.15) is 0 Å². The van der Waals surface area contributed by atoms with Crippen molar-refractivity contribution in [2.24, 2.45) is 0 Å². The highest BCUT2D eigenvalue weighted by atomic mass is 19.1. The molecule has 2 aromatic rings. The van der Waals surface area contributed by atoms with Gasteiger partial charge in [0, 0.05) is 24.8 Å². The SMILES string of the molecule is CCC1([n+]2ccc(-c3ccc(F)cc3)o2)CCCC1. The summed E-state index contributed by atoms with van der Waals surface area (Å²) in [5.41, 5.74) is 1.07. The molecule has 0 radical (unpaired) electrons. The van der Waals surface area contributed by atoms with Crippen LogP contribution in [0.1, 0.15) is 39.0 Å². The summed E-state index contributed by atoms with van der Waals surface area (Å²) in [6.07, 6.45) is 8.03. The van der Waals surface area contributed by atoms with Crippen LogP contribution in [0.3, 0.4) is 0 Å². The van der Waals surface area contributed by atoms with Gasteiger partial charge in [-0.05, 0) is 41.8 Å². The molecule has 100 valence electrons. The molecule has 2 nitrogen and oxygen atoms in total. The summed E-state index contributed by atoms with van der Waals surface area (Å²) < 4.78 is 20.9. The Balaban J connectivity index is 1.92. The van der Waals surface area contributed by atoms with E-state index in [0.717, 1.165) is 17.7 Å². The number of hydrogen-bond donors (Lipinski definition) is 0. The molecule has 0 amide bonds. The first-order valence-corrected chi connectivity index (χ1v) is 7.02. The molecule has 1 aliphatic carbocycles. The fourth-order valence-electron chi connectivity index (χ4n) is 3.08. The minimum absolute atomic E-state index is 0.151. The Bertz CT molecular complexity index is 552. The molecular formula is C16H19FNO+. The molecule has 1 fully saturated rings. The molecule has 0 unspecified atom stereocenters. The van der Waals surface area contributed by atoms with E-state index < -0.39 is 0 Å². The molecule has 1 aliphatic rings. The lowest BCUT2D eigenvalue weighted by molar-refractivity contribution is -0.912. The quantitative estimate of drug-likeness (QED) is 0.761. The van der Waals surface area contributed by atoms with E-state index in [1.807, 2.05) is 17.0 Å². The first kappa shape index (κ1) is 12.4. The molecule has 0 atom stereocenters. The van der Waals surface area contributed by atoms with Crippen LogP contribution in [0.25, 0.3) is 11.3 Å². The minimum Gasteiger partial charge on any atom is -0.236 e. The molecule has 1 saturated carbocycles. The van der Waals surface area contributed by atoms with Crippen LogP contribution in [0.15, 0.2) is 41.1 Å². The van der Waals surface area contributed by atoms with E-state index >= 15 is 0 Å². The van der Waals surface area contributed by atoms with Crippen LogP contribution in [0.5, 0.6) is 0 Å². The summed E-state index contributed by atoms with van der Waals surface area (Å²) in [4.78, 5) is 0. The van der Waals surface area contributed by atoms with Crippen molar-refractivity contribution in [1.82, 2.24) is 0 Å². The van der Waals surface area contributed by atoms with Crippen molar-refractivity contribution in [2.75, 3.05) is 0 Å². The fourth-order valence-corrected chi connectivity index (χ4v) is 3.08. The molecule has 0 spiro atoms. The van der Waals surface area contributed by atoms with Gasteiger partial charge in [0.1, 0.15) is 5.82 Å². The van der Waals surface area contributed by atoms with Crippen molar-refractivity contribution < 1.29 is 13.7 Å². The standard InChI is InChI=1S/C16H19FNO/c1-2-16(10-3-4-11-16)18-12-9-15(19-18)13-5-7-14(17)8-6-13/h5-9,12H,2-4,10-11H2,1H3/q+1. The van der Waals surface area contributed by atoms with Gasteiger partial charge in [0.25, 0.3) is 0 Å². The number of rotatable bonds is 3. The summed E-state index contributed by atoms with van der Waals surface area (Å²) in [5.74, 6) is 0.587. The highest BCUT2D eigenvalue weighted by Gasteiger charge is 2.44. The van der Waals surface area contributed by atoms with E-state index in [-0.39, 0.29) is 11.4 Å². The lowest BCUT2D eigenvalue weighted by atomic mass is 9.95. The van der Waals surface area contributed by atoms with Gasteiger partial charge in [0.15, 0.2) is 0 Å². The van der Waals surface area contributed by atoms with E-state index in [9.17, 15) is 4.39 Å². The van der Waals surface area contributed by atoms with Crippen LogP contribution in [0, 0.1) is 5.82 Å². The van der Waals surface area contributed by atoms with Gasteiger partial charge < -0.3 is 0 Å². The van der Waals surface area contributed by atoms with Gasteiger partial charge in [-0.25, -0.2) is 8.91 Å². The van der Waals surface area contributed by atoms with Gasteiger partial charge in [-0.1, -0.05) is 6.92 Å². The lowest BCUT2D eigenvalue weighted by Crippen LogP contribution is -2.52. The predicted molar refractivity (Wildman–Crippen MR) is 71.0 cm³/mol. The van der Waals surface area contributed by atoms with Crippen molar-refractivity contribution in [2.45, 2.75) is 44.6 Å². The molecule has 1 aromatic heterocycles. The van der Waals surface area contributed by atoms with E-state index in [1.165, 1.54) is 37.8 Å². The second kappa shape index (κ2) is 4.80. The van der Waals surface area contributed by atoms with Crippen LogP contribution in [0.2, 0.25) is 0 Å². The Hall–Kier alpha value is -1.64. The summed E-state index contributed by atoms with van der Waals surface area (Å²) in [6, 6.07) is 8.42. The van der Waals surface area contributed by atoms with E-state index in [0.29, 0.717) is 0 Å². The van der Waals surface area contributed by atoms with E-state index in [4.69, 9.17) is 4.52 Å². The lowest BCUT2D eigenvalue weighted by Gasteiger charge is -2.16. The Morgan fingerprint density at radius 1 is 1.16 bits per heavy atom. The van der Waals surface area contributed by atoms with Crippen molar-refractivity contribution in [3.05, 3.63) is 42.3 Å². The predicted octanol–water partition coefficient (Wildman–Crippen LogP) is 4.05. The van der Waals surface area contributed by atoms with Crippen molar-refractivity contribution in [1.29, 1.82) is 0 Å². The van der Waals surface area contributed by atoms with Crippen LogP contribution in [-0.4, -0.2) is 0 Å². The number of aromatic nitrogens is 1. The third-order valence-electron chi connectivity index (χ3n) is 4.35. The van der Waals surface area contributed by atoms with Crippen LogP contribution >= 0.6 is 0 Å². The van der Waals surface area contributed by atoms with Crippen molar-refractivity contribution in [3.63, 3.8) is 0 Å². The molecule has 3 heteroatoms. The normalized spacial score (nSPS) is 17.8. The van der Waals surface area contributed by atoms with Crippen LogP contribution in [-0.2, 0) is 5.54 Å². The van der Waals surface area contributed by atoms with E-state index in [2.05, 4.69) is 6.92 Å². The molecule has 0 N–H and O–H groups in total. The first-order chi connectivity index (χ1) is 9.23. The number of nitrogens with zero attached hydrogens (tertiary/aromatic N) is 1. The maximum atomic E-state index is 12.9. The first-order valence-electron chi connectivity index (χ1n) is 7.02. The maximum Gasteiger partial charge on any atom is 0.221 e. The van der Waals surface area contributed by atoms with Gasteiger partial charge >= 0.3 is 0 Å². The second-order valence-electron chi connectivity index (χ2n) is 5.39. The molecule has 0 aliphatic heterocycles. The number of hydrogen-bond acceptors (Lipinski definition) is 1. The van der Waals surface area contributed by atoms with Gasteiger partial charge in [0.05, 0.1) is 6.07 Å². The summed E-state index contributed by atoms with van der Waals surface area (Å²) in [7, 11) is 0. The zero-order chi connectivity index (χ0) is 13.3. The molecular weight excluding hydrogens is 241 g/mol. The zero-order valence-corrected chi connectivity index (χ0v) is 11.2. The highest BCUT2D eigenvalue weighted by Crippen LogP contribution is 2.35. The molecule has 1 heterocycles. The monoisotopic (exact) mass is 260 g/mol. The topological polar surface area (TPSA) is 17.0 Å². The Labute approximate surface area is 112 Å². The average Bonchev–Trinajstić information content (AvgIpc) is 3.09. The van der Waals surface area contributed by atoms with Crippen molar-refractivity contribution in [3.8, 4) is 11.3 Å². The second-order valence-corrected chi connectivity index (χ2v) is 5.39. The summed E-state index contributed by atoms with van der Waals surface area (Å²) >= 11 is 0. The Morgan fingerprint density at radius 3 is 2.47 bits per heavy atom. The summed E-state index contributed by atoms with van der Waals surface area (Å²) in [5, 5.41) is 0. The smallest absolute Gasteiger partial charge is 0.221 e. The van der Waals surface area contributed by atoms with E-state index in [1.54, 1.807) is 12.1 Å². The van der Waals surface area contributed by atoms with Gasteiger partial charge in [-0.3, -0.25) is 0 Å². The average molecular weight is 260 g/mol. The largest absolute Gasteiger partial charge is 0.236 e. The van der Waals surface area contributed by atoms with Crippen LogP contribution in [0.4, 0.5) is 4.39 Å². The number of halogens is 1. The zero-order valence-electron chi connectivity index (χ0n) is 11.2. The molecule has 19 heavy (non-hydrogen) atoms. The highest BCUT2D eigenvalue weighted by molar-refractivity contribution is 5.55. The number of benzene rings is 1. The van der Waals surface area contributed by atoms with Gasteiger partial charge in [0.2, 0.25) is 17.5 Å². The molecule has 0 bridgehead atoms. The molecule has 3 rings (SSSR count). The summed E-state index contributed by atoms with van der Waals surface area (Å²) in [6.45, 7) is 2.22. The molecule has 1 aromatic carbocycles. The minimum atomic E-state index is -0.219. The van der Waals surface area contributed by atoms with Crippen molar-refractivity contribution >= 4 is 0 Å².